The monoisotopic (exact) mass is 323 g/mol. The summed E-state index contributed by atoms with van der Waals surface area (Å²) in [5, 5.41) is 1.05. The molecule has 2 heterocycles. The smallest absolute Gasteiger partial charge is 0.235 e. The zero-order valence-electron chi connectivity index (χ0n) is 13.0. The minimum Gasteiger partial charge on any atom is -0.287 e. The van der Waals surface area contributed by atoms with Crippen LogP contribution in [-0.2, 0) is 12.8 Å². The lowest BCUT2D eigenvalue weighted by molar-refractivity contribution is 0.103. The molecule has 0 saturated heterocycles. The number of ketones is 1. The topological polar surface area (TPSA) is 47.3 Å². The molecule has 1 aliphatic rings. The maximum Gasteiger partial charge on any atom is 0.235 e. The van der Waals surface area contributed by atoms with Crippen LogP contribution in [-0.4, -0.2) is 26.4 Å². The normalized spacial score (nSPS) is 14.0. The van der Waals surface area contributed by atoms with Crippen molar-refractivity contribution in [1.82, 2.24) is 14.4 Å². The van der Waals surface area contributed by atoms with Crippen LogP contribution in [0, 0.1) is 0 Å². The molecule has 2 aromatic heterocycles. The number of benzene rings is 1. The van der Waals surface area contributed by atoms with Gasteiger partial charge < -0.3 is 0 Å². The second-order valence-corrected chi connectivity index (χ2v) is 6.54. The summed E-state index contributed by atoms with van der Waals surface area (Å²) in [6.45, 7) is 0. The zero-order valence-corrected chi connectivity index (χ0v) is 13.8. The van der Waals surface area contributed by atoms with Gasteiger partial charge in [0, 0.05) is 23.0 Å². The molecule has 0 aliphatic heterocycles. The molecule has 0 atom stereocenters. The van der Waals surface area contributed by atoms with Gasteiger partial charge in [0.25, 0.3) is 0 Å². The minimum atomic E-state index is -0.0497. The Labute approximate surface area is 139 Å². The molecule has 0 bridgehead atoms. The third kappa shape index (κ3) is 2.45. The van der Waals surface area contributed by atoms with Gasteiger partial charge in [-0.3, -0.25) is 9.20 Å². The van der Waals surface area contributed by atoms with Gasteiger partial charge in [0.2, 0.25) is 11.6 Å². The van der Waals surface area contributed by atoms with E-state index in [1.54, 1.807) is 11.8 Å². The lowest BCUT2D eigenvalue weighted by Gasteiger charge is -2.19. The Bertz CT molecular complexity index is 886. The molecule has 0 fully saturated rings. The quantitative estimate of drug-likeness (QED) is 0.420. The maximum atomic E-state index is 12.6. The summed E-state index contributed by atoms with van der Waals surface area (Å²) in [4.78, 5) is 21.8. The van der Waals surface area contributed by atoms with Crippen molar-refractivity contribution >= 4 is 23.3 Å². The number of carbonyl (C=O) groups is 1. The fraction of sp³-hybridized carbons (Fsp3) is 0.278. The van der Waals surface area contributed by atoms with Gasteiger partial charge in [-0.05, 0) is 31.9 Å². The lowest BCUT2D eigenvalue weighted by atomic mass is 9.97. The molecule has 0 N–H and O–H groups in total. The highest BCUT2D eigenvalue weighted by Gasteiger charge is 2.21. The van der Waals surface area contributed by atoms with Gasteiger partial charge in [0.05, 0.1) is 0 Å². The van der Waals surface area contributed by atoms with Crippen LogP contribution >= 0.6 is 11.8 Å². The Morgan fingerprint density at radius 1 is 1.13 bits per heavy atom. The molecule has 5 heteroatoms. The first-order valence-electron chi connectivity index (χ1n) is 7.82. The van der Waals surface area contributed by atoms with Crippen LogP contribution in [0.3, 0.4) is 0 Å². The number of carbonyl (C=O) groups excluding carboxylic acids is 1. The summed E-state index contributed by atoms with van der Waals surface area (Å²) >= 11 is 1.66. The largest absolute Gasteiger partial charge is 0.287 e. The predicted octanol–water partition coefficient (Wildman–Crippen LogP) is 3.56. The molecule has 0 saturated carbocycles. The van der Waals surface area contributed by atoms with Crippen molar-refractivity contribution in [3.63, 3.8) is 0 Å². The first-order valence-corrected chi connectivity index (χ1v) is 9.05. The third-order valence-corrected chi connectivity index (χ3v) is 5.06. The summed E-state index contributed by atoms with van der Waals surface area (Å²) in [6, 6.07) is 9.29. The van der Waals surface area contributed by atoms with Gasteiger partial charge in [-0.2, -0.15) is 0 Å². The van der Waals surface area contributed by atoms with E-state index < -0.39 is 0 Å². The van der Waals surface area contributed by atoms with E-state index in [9.17, 15) is 4.79 Å². The molecule has 4 rings (SSSR count). The fourth-order valence-corrected chi connectivity index (χ4v) is 3.85. The second kappa shape index (κ2) is 5.81. The van der Waals surface area contributed by atoms with Crippen LogP contribution in [0.2, 0.25) is 0 Å². The number of hydrogen-bond acceptors (Lipinski definition) is 4. The zero-order chi connectivity index (χ0) is 15.8. The Hall–Kier alpha value is -2.14. The highest BCUT2D eigenvalue weighted by atomic mass is 32.2. The van der Waals surface area contributed by atoms with Crippen molar-refractivity contribution in [2.24, 2.45) is 0 Å². The first kappa shape index (κ1) is 14.5. The second-order valence-electron chi connectivity index (χ2n) is 5.74. The fourth-order valence-electron chi connectivity index (χ4n) is 3.21. The Balaban J connectivity index is 1.86. The molecule has 0 amide bonds. The van der Waals surface area contributed by atoms with Crippen LogP contribution in [0.5, 0.6) is 0 Å². The lowest BCUT2D eigenvalue weighted by Crippen LogP contribution is -2.11. The highest BCUT2D eigenvalue weighted by Crippen LogP contribution is 2.29. The number of aryl methyl sites for hydroxylation is 1. The number of imidazole rings is 1. The molecule has 3 aromatic rings. The Morgan fingerprint density at radius 2 is 1.91 bits per heavy atom. The van der Waals surface area contributed by atoms with Crippen molar-refractivity contribution in [3.05, 3.63) is 59.0 Å². The van der Waals surface area contributed by atoms with Crippen molar-refractivity contribution in [3.8, 4) is 0 Å². The first-order chi connectivity index (χ1) is 11.3. The molecule has 0 spiro atoms. The number of thioether (sulfide) groups is 1. The maximum absolute atomic E-state index is 12.6. The van der Waals surface area contributed by atoms with Gasteiger partial charge in [-0.15, -0.1) is 11.8 Å². The van der Waals surface area contributed by atoms with Crippen molar-refractivity contribution in [2.45, 2.75) is 30.7 Å². The van der Waals surface area contributed by atoms with Crippen molar-refractivity contribution < 1.29 is 4.79 Å². The predicted molar refractivity (Wildman–Crippen MR) is 91.3 cm³/mol. The number of hydrogen-bond donors (Lipinski definition) is 0. The molecule has 4 nitrogen and oxygen atoms in total. The van der Waals surface area contributed by atoms with Gasteiger partial charge in [0.15, 0.2) is 0 Å². The van der Waals surface area contributed by atoms with Gasteiger partial charge >= 0.3 is 0 Å². The number of nitrogens with zero attached hydrogens (tertiary/aromatic N) is 3. The minimum absolute atomic E-state index is 0.0497. The average molecular weight is 323 g/mol. The van der Waals surface area contributed by atoms with Crippen LogP contribution < -0.4 is 0 Å². The van der Waals surface area contributed by atoms with Gasteiger partial charge in [-0.25, -0.2) is 9.97 Å². The SMILES string of the molecule is CSc1nc2nc(C(=O)c3ccccc3)cn2c2c1CCCC2. The summed E-state index contributed by atoms with van der Waals surface area (Å²) in [6.07, 6.45) is 8.38. The molecule has 0 unspecified atom stereocenters. The number of fused-ring (bicyclic) bond motifs is 3. The number of rotatable bonds is 3. The standard InChI is InChI=1S/C18H17N3OS/c1-23-17-13-9-5-6-10-15(13)21-11-14(19-18(21)20-17)16(22)12-7-3-2-4-8-12/h2-4,7-8,11H,5-6,9-10H2,1H3. The van der Waals surface area contributed by atoms with E-state index in [4.69, 9.17) is 0 Å². The van der Waals surface area contributed by atoms with Crippen molar-refractivity contribution in [2.75, 3.05) is 6.26 Å². The van der Waals surface area contributed by atoms with Gasteiger partial charge in [-0.1, -0.05) is 30.3 Å². The molecule has 1 aliphatic carbocycles. The van der Waals surface area contributed by atoms with E-state index in [2.05, 4.69) is 9.97 Å². The van der Waals surface area contributed by atoms with Crippen LogP contribution in [0.15, 0.2) is 41.6 Å². The van der Waals surface area contributed by atoms with Crippen molar-refractivity contribution in [1.29, 1.82) is 0 Å². The molecule has 116 valence electrons. The number of aromatic nitrogens is 3. The van der Waals surface area contributed by atoms with E-state index in [-0.39, 0.29) is 5.78 Å². The van der Waals surface area contributed by atoms with E-state index in [1.807, 2.05) is 47.2 Å². The average Bonchev–Trinajstić information content (AvgIpc) is 3.05. The molecule has 0 radical (unpaired) electrons. The molecular weight excluding hydrogens is 306 g/mol. The Kier molecular flexibility index (Phi) is 3.65. The van der Waals surface area contributed by atoms with E-state index in [1.165, 1.54) is 24.1 Å². The van der Waals surface area contributed by atoms with E-state index in [0.29, 0.717) is 17.0 Å². The Morgan fingerprint density at radius 3 is 2.70 bits per heavy atom. The van der Waals surface area contributed by atoms with Crippen LogP contribution in [0.25, 0.3) is 5.78 Å². The summed E-state index contributed by atoms with van der Waals surface area (Å²) < 4.78 is 2.02. The summed E-state index contributed by atoms with van der Waals surface area (Å²) in [5.41, 5.74) is 3.72. The van der Waals surface area contributed by atoms with Crippen LogP contribution in [0.4, 0.5) is 0 Å². The molecule has 1 aromatic carbocycles. The van der Waals surface area contributed by atoms with Gasteiger partial charge in [0.1, 0.15) is 10.7 Å². The summed E-state index contributed by atoms with van der Waals surface area (Å²) in [5.74, 6) is 0.584. The molecular formula is C18H17N3OS. The highest BCUT2D eigenvalue weighted by molar-refractivity contribution is 7.98. The third-order valence-electron chi connectivity index (χ3n) is 4.34. The van der Waals surface area contributed by atoms with E-state index >= 15 is 0 Å². The van der Waals surface area contributed by atoms with E-state index in [0.717, 1.165) is 17.9 Å². The molecule has 23 heavy (non-hydrogen) atoms. The van der Waals surface area contributed by atoms with Crippen LogP contribution in [0.1, 0.15) is 40.2 Å². The summed E-state index contributed by atoms with van der Waals surface area (Å²) in [7, 11) is 0.